The number of rotatable bonds is 4. The number of likely N-dealkylation sites (tertiary alicyclic amines) is 1. The highest BCUT2D eigenvalue weighted by Crippen LogP contribution is 2.18. The highest BCUT2D eigenvalue weighted by molar-refractivity contribution is 5.82. The van der Waals surface area contributed by atoms with E-state index in [4.69, 9.17) is 5.73 Å². The third-order valence-corrected chi connectivity index (χ3v) is 3.49. The SMILES string of the molecule is N[C@H](Cc1ccccc1)C(=O)N1CCC[C@@H]1CO. The molecule has 18 heavy (non-hydrogen) atoms. The van der Waals surface area contributed by atoms with Crippen molar-refractivity contribution in [2.24, 2.45) is 5.73 Å². The van der Waals surface area contributed by atoms with Gasteiger partial charge in [0.15, 0.2) is 0 Å². The Labute approximate surface area is 107 Å². The minimum atomic E-state index is -0.514. The Morgan fingerprint density at radius 3 is 2.83 bits per heavy atom. The molecule has 0 spiro atoms. The van der Waals surface area contributed by atoms with Crippen molar-refractivity contribution < 1.29 is 9.90 Å². The number of hydrogen-bond donors (Lipinski definition) is 2. The van der Waals surface area contributed by atoms with Crippen LogP contribution >= 0.6 is 0 Å². The van der Waals surface area contributed by atoms with E-state index in [0.29, 0.717) is 13.0 Å². The predicted molar refractivity (Wildman–Crippen MR) is 69.9 cm³/mol. The van der Waals surface area contributed by atoms with Crippen LogP contribution in [0.15, 0.2) is 30.3 Å². The molecule has 0 saturated carbocycles. The number of nitrogens with zero attached hydrogens (tertiary/aromatic N) is 1. The standard InChI is InChI=1S/C14H20N2O2/c15-13(9-11-5-2-1-3-6-11)14(18)16-8-4-7-12(16)10-17/h1-3,5-6,12-13,17H,4,7-10,15H2/t12-,13-/m1/s1. The molecule has 2 rings (SSSR count). The first kappa shape index (κ1) is 13.1. The molecule has 1 aliphatic heterocycles. The van der Waals surface area contributed by atoms with E-state index in [1.165, 1.54) is 0 Å². The highest BCUT2D eigenvalue weighted by Gasteiger charge is 2.30. The summed E-state index contributed by atoms with van der Waals surface area (Å²) in [7, 11) is 0. The first-order chi connectivity index (χ1) is 8.72. The van der Waals surface area contributed by atoms with Gasteiger partial charge < -0.3 is 15.7 Å². The van der Waals surface area contributed by atoms with Gasteiger partial charge >= 0.3 is 0 Å². The van der Waals surface area contributed by atoms with Crippen LogP contribution in [0.3, 0.4) is 0 Å². The Balaban J connectivity index is 1.96. The average molecular weight is 248 g/mol. The quantitative estimate of drug-likeness (QED) is 0.817. The number of amides is 1. The van der Waals surface area contributed by atoms with Gasteiger partial charge in [-0.3, -0.25) is 4.79 Å². The van der Waals surface area contributed by atoms with Crippen LogP contribution in [0.5, 0.6) is 0 Å². The lowest BCUT2D eigenvalue weighted by atomic mass is 10.1. The Hall–Kier alpha value is -1.39. The zero-order chi connectivity index (χ0) is 13.0. The van der Waals surface area contributed by atoms with Crippen molar-refractivity contribution >= 4 is 5.91 Å². The van der Waals surface area contributed by atoms with Gasteiger partial charge in [0.1, 0.15) is 0 Å². The summed E-state index contributed by atoms with van der Waals surface area (Å²) >= 11 is 0. The summed E-state index contributed by atoms with van der Waals surface area (Å²) in [5.74, 6) is -0.0459. The highest BCUT2D eigenvalue weighted by atomic mass is 16.3. The van der Waals surface area contributed by atoms with Crippen molar-refractivity contribution in [2.75, 3.05) is 13.2 Å². The predicted octanol–water partition coefficient (Wildman–Crippen LogP) is 0.540. The van der Waals surface area contributed by atoms with Crippen molar-refractivity contribution in [3.05, 3.63) is 35.9 Å². The minimum absolute atomic E-state index is 0.0315. The maximum Gasteiger partial charge on any atom is 0.240 e. The van der Waals surface area contributed by atoms with Crippen molar-refractivity contribution in [3.8, 4) is 0 Å². The first-order valence-electron chi connectivity index (χ1n) is 6.43. The zero-order valence-electron chi connectivity index (χ0n) is 10.5. The van der Waals surface area contributed by atoms with Crippen LogP contribution in [0.2, 0.25) is 0 Å². The molecule has 0 bridgehead atoms. The lowest BCUT2D eigenvalue weighted by Crippen LogP contribution is -2.47. The van der Waals surface area contributed by atoms with Crippen LogP contribution in [0, 0.1) is 0 Å². The number of aliphatic hydroxyl groups excluding tert-OH is 1. The Bertz CT molecular complexity index is 394. The number of carbonyl (C=O) groups is 1. The van der Waals surface area contributed by atoms with Gasteiger partial charge in [0, 0.05) is 6.54 Å². The molecule has 1 heterocycles. The van der Waals surface area contributed by atoms with Crippen molar-refractivity contribution in [3.63, 3.8) is 0 Å². The fraction of sp³-hybridized carbons (Fsp3) is 0.500. The third-order valence-electron chi connectivity index (χ3n) is 3.49. The average Bonchev–Trinajstić information content (AvgIpc) is 2.87. The molecule has 0 unspecified atom stereocenters. The molecule has 4 heteroatoms. The Morgan fingerprint density at radius 1 is 1.44 bits per heavy atom. The number of carbonyl (C=O) groups excluding carboxylic acids is 1. The van der Waals surface area contributed by atoms with Crippen LogP contribution in [0.25, 0.3) is 0 Å². The molecule has 1 aromatic rings. The van der Waals surface area contributed by atoms with Gasteiger partial charge in [-0.25, -0.2) is 0 Å². The molecule has 1 aromatic carbocycles. The topological polar surface area (TPSA) is 66.6 Å². The number of nitrogens with two attached hydrogens (primary N) is 1. The maximum absolute atomic E-state index is 12.2. The second-order valence-corrected chi connectivity index (χ2v) is 4.81. The molecular formula is C14H20N2O2. The van der Waals surface area contributed by atoms with Gasteiger partial charge in [0.2, 0.25) is 5.91 Å². The van der Waals surface area contributed by atoms with E-state index in [0.717, 1.165) is 18.4 Å². The van der Waals surface area contributed by atoms with E-state index in [-0.39, 0.29) is 18.6 Å². The van der Waals surface area contributed by atoms with Crippen LogP contribution in [0.1, 0.15) is 18.4 Å². The van der Waals surface area contributed by atoms with E-state index in [1.54, 1.807) is 4.90 Å². The van der Waals surface area contributed by atoms with E-state index in [1.807, 2.05) is 30.3 Å². The number of benzene rings is 1. The molecule has 1 amide bonds. The molecule has 98 valence electrons. The second-order valence-electron chi connectivity index (χ2n) is 4.81. The smallest absolute Gasteiger partial charge is 0.240 e. The summed E-state index contributed by atoms with van der Waals surface area (Å²) in [6, 6.07) is 9.22. The molecular weight excluding hydrogens is 228 g/mol. The van der Waals surface area contributed by atoms with Crippen LogP contribution in [-0.2, 0) is 11.2 Å². The summed E-state index contributed by atoms with van der Waals surface area (Å²) in [5.41, 5.74) is 7.04. The number of aliphatic hydroxyl groups is 1. The molecule has 0 aliphatic carbocycles. The van der Waals surface area contributed by atoms with E-state index in [9.17, 15) is 9.90 Å². The third kappa shape index (κ3) is 2.89. The maximum atomic E-state index is 12.2. The van der Waals surface area contributed by atoms with Gasteiger partial charge in [0.25, 0.3) is 0 Å². The summed E-state index contributed by atoms with van der Waals surface area (Å²) in [6.45, 7) is 0.746. The molecule has 1 fully saturated rings. The molecule has 4 nitrogen and oxygen atoms in total. The van der Waals surface area contributed by atoms with Crippen LogP contribution in [-0.4, -0.2) is 41.1 Å². The summed E-state index contributed by atoms with van der Waals surface area (Å²) in [5, 5.41) is 9.22. The van der Waals surface area contributed by atoms with Gasteiger partial charge in [-0.1, -0.05) is 30.3 Å². The van der Waals surface area contributed by atoms with Gasteiger partial charge in [0.05, 0.1) is 18.7 Å². The first-order valence-corrected chi connectivity index (χ1v) is 6.43. The Kier molecular flexibility index (Phi) is 4.33. The molecule has 2 atom stereocenters. The largest absolute Gasteiger partial charge is 0.394 e. The van der Waals surface area contributed by atoms with Crippen LogP contribution in [0.4, 0.5) is 0 Å². The molecule has 1 saturated heterocycles. The number of hydrogen-bond acceptors (Lipinski definition) is 3. The molecule has 1 aliphatic rings. The van der Waals surface area contributed by atoms with Crippen molar-refractivity contribution in [1.82, 2.24) is 4.90 Å². The lowest BCUT2D eigenvalue weighted by molar-refractivity contribution is -0.134. The van der Waals surface area contributed by atoms with Gasteiger partial charge in [-0.2, -0.15) is 0 Å². The summed E-state index contributed by atoms with van der Waals surface area (Å²) in [6.07, 6.45) is 2.38. The fourth-order valence-corrected chi connectivity index (χ4v) is 2.48. The molecule has 0 radical (unpaired) electrons. The van der Waals surface area contributed by atoms with Crippen molar-refractivity contribution in [1.29, 1.82) is 0 Å². The van der Waals surface area contributed by atoms with Crippen molar-refractivity contribution in [2.45, 2.75) is 31.3 Å². The lowest BCUT2D eigenvalue weighted by Gasteiger charge is -2.26. The monoisotopic (exact) mass is 248 g/mol. The molecule has 0 aromatic heterocycles. The summed E-state index contributed by atoms with van der Waals surface area (Å²) in [4.78, 5) is 13.9. The van der Waals surface area contributed by atoms with Gasteiger partial charge in [-0.05, 0) is 24.8 Å². The fourth-order valence-electron chi connectivity index (χ4n) is 2.48. The summed E-state index contributed by atoms with van der Waals surface area (Å²) < 4.78 is 0. The normalized spacial score (nSPS) is 21.0. The second kappa shape index (κ2) is 5.98. The zero-order valence-corrected chi connectivity index (χ0v) is 10.5. The Morgan fingerprint density at radius 2 is 2.17 bits per heavy atom. The molecule has 3 N–H and O–H groups in total. The van der Waals surface area contributed by atoms with E-state index in [2.05, 4.69) is 0 Å². The minimum Gasteiger partial charge on any atom is -0.394 e. The van der Waals surface area contributed by atoms with E-state index < -0.39 is 6.04 Å². The van der Waals surface area contributed by atoms with Crippen LogP contribution < -0.4 is 5.73 Å². The van der Waals surface area contributed by atoms with E-state index >= 15 is 0 Å². The van der Waals surface area contributed by atoms with Gasteiger partial charge in [-0.15, -0.1) is 0 Å².